The number of rotatable bonds is 3. The number of methoxy groups -OCH3 is 1. The number of hydrogen-bond donors (Lipinski definition) is 0. The summed E-state index contributed by atoms with van der Waals surface area (Å²) < 4.78 is 5.24. The van der Waals surface area contributed by atoms with Crippen molar-refractivity contribution in [2.45, 2.75) is 18.8 Å². The van der Waals surface area contributed by atoms with Crippen LogP contribution in [0.15, 0.2) is 36.9 Å². The predicted octanol–water partition coefficient (Wildman–Crippen LogP) is 3.94. The normalized spacial score (nSPS) is 18.2. The molecule has 96 valence electrons. The molecule has 3 rings (SSSR count). The molecule has 2 aromatic rings. The molecule has 0 N–H and O–H groups in total. The first-order valence-electron chi connectivity index (χ1n) is 6.50. The zero-order chi connectivity index (χ0) is 13.4. The standard InChI is InChI=1S/C17H16O2/c1-3-13-14-7-5-12(19-2)10-11(14)4-6-15(13)16-8-9-17(16)18/h3-7,10,16H,1,8-9H2,2H3/t16-/m1/s1. The summed E-state index contributed by atoms with van der Waals surface area (Å²) in [6.07, 6.45) is 3.53. The van der Waals surface area contributed by atoms with Crippen molar-refractivity contribution in [3.8, 4) is 5.75 Å². The zero-order valence-electron chi connectivity index (χ0n) is 11.0. The third-order valence-corrected chi connectivity index (χ3v) is 3.95. The van der Waals surface area contributed by atoms with E-state index in [2.05, 4.69) is 18.7 Å². The van der Waals surface area contributed by atoms with Crippen LogP contribution in [0.2, 0.25) is 0 Å². The number of carbonyl (C=O) groups is 1. The molecule has 2 heteroatoms. The molecule has 1 fully saturated rings. The molecule has 1 saturated carbocycles. The number of fused-ring (bicyclic) bond motifs is 1. The van der Waals surface area contributed by atoms with Crippen molar-refractivity contribution in [3.05, 3.63) is 48.0 Å². The topological polar surface area (TPSA) is 26.3 Å². The van der Waals surface area contributed by atoms with E-state index < -0.39 is 0 Å². The molecule has 0 saturated heterocycles. The van der Waals surface area contributed by atoms with Crippen molar-refractivity contribution >= 4 is 22.6 Å². The largest absolute Gasteiger partial charge is 0.497 e. The molecule has 1 aliphatic rings. The van der Waals surface area contributed by atoms with Crippen molar-refractivity contribution in [3.63, 3.8) is 0 Å². The second-order valence-corrected chi connectivity index (χ2v) is 4.92. The average molecular weight is 252 g/mol. The Morgan fingerprint density at radius 2 is 2.16 bits per heavy atom. The minimum Gasteiger partial charge on any atom is -0.497 e. The highest BCUT2D eigenvalue weighted by atomic mass is 16.5. The SMILES string of the molecule is C=Cc1c([C@H]2CCC2=O)ccc2cc(OC)ccc12. The number of ketones is 1. The average Bonchev–Trinajstić information content (AvgIpc) is 2.44. The summed E-state index contributed by atoms with van der Waals surface area (Å²) in [7, 11) is 1.66. The summed E-state index contributed by atoms with van der Waals surface area (Å²) in [4.78, 5) is 11.7. The highest BCUT2D eigenvalue weighted by molar-refractivity contribution is 5.97. The third-order valence-electron chi connectivity index (χ3n) is 3.95. The van der Waals surface area contributed by atoms with E-state index in [4.69, 9.17) is 4.74 Å². The monoisotopic (exact) mass is 252 g/mol. The Morgan fingerprint density at radius 3 is 2.74 bits per heavy atom. The van der Waals surface area contributed by atoms with Gasteiger partial charge < -0.3 is 4.74 Å². The van der Waals surface area contributed by atoms with Crippen LogP contribution in [0.4, 0.5) is 0 Å². The molecule has 2 aromatic carbocycles. The molecule has 0 aliphatic heterocycles. The summed E-state index contributed by atoms with van der Waals surface area (Å²) in [5.74, 6) is 1.26. The predicted molar refractivity (Wildman–Crippen MR) is 77.6 cm³/mol. The molecule has 0 heterocycles. The van der Waals surface area contributed by atoms with Gasteiger partial charge in [-0.25, -0.2) is 0 Å². The Kier molecular flexibility index (Phi) is 2.86. The second kappa shape index (κ2) is 4.54. The Hall–Kier alpha value is -2.09. The minimum absolute atomic E-state index is 0.0690. The summed E-state index contributed by atoms with van der Waals surface area (Å²) in [6.45, 7) is 3.91. The maximum Gasteiger partial charge on any atom is 0.140 e. The summed E-state index contributed by atoms with van der Waals surface area (Å²) >= 11 is 0. The van der Waals surface area contributed by atoms with Crippen molar-refractivity contribution in [1.82, 2.24) is 0 Å². The van der Waals surface area contributed by atoms with Gasteiger partial charge in [-0.2, -0.15) is 0 Å². The van der Waals surface area contributed by atoms with Crippen molar-refractivity contribution in [2.24, 2.45) is 0 Å². The van der Waals surface area contributed by atoms with E-state index in [1.807, 2.05) is 24.3 Å². The molecule has 0 radical (unpaired) electrons. The fourth-order valence-corrected chi connectivity index (χ4v) is 2.74. The van der Waals surface area contributed by atoms with Gasteiger partial charge in [0.15, 0.2) is 0 Å². The fraction of sp³-hybridized carbons (Fsp3) is 0.235. The van der Waals surface area contributed by atoms with Crippen LogP contribution in [0.5, 0.6) is 5.75 Å². The fourth-order valence-electron chi connectivity index (χ4n) is 2.74. The van der Waals surface area contributed by atoms with Crippen LogP contribution in [0.3, 0.4) is 0 Å². The lowest BCUT2D eigenvalue weighted by Gasteiger charge is -2.26. The van der Waals surface area contributed by atoms with Crippen molar-refractivity contribution in [1.29, 1.82) is 0 Å². The number of hydrogen-bond acceptors (Lipinski definition) is 2. The van der Waals surface area contributed by atoms with Crippen molar-refractivity contribution in [2.75, 3.05) is 7.11 Å². The lowest BCUT2D eigenvalue weighted by molar-refractivity contribution is -0.125. The van der Waals surface area contributed by atoms with Gasteiger partial charge in [-0.3, -0.25) is 4.79 Å². The van der Waals surface area contributed by atoms with E-state index in [9.17, 15) is 4.79 Å². The van der Waals surface area contributed by atoms with Crippen LogP contribution in [0.25, 0.3) is 16.8 Å². The third kappa shape index (κ3) is 1.84. The van der Waals surface area contributed by atoms with Gasteiger partial charge >= 0.3 is 0 Å². The van der Waals surface area contributed by atoms with Crippen LogP contribution in [-0.2, 0) is 4.79 Å². The molecule has 1 atom stereocenters. The first-order chi connectivity index (χ1) is 9.24. The molecule has 0 bridgehead atoms. The Bertz CT molecular complexity index is 670. The Balaban J connectivity index is 2.20. The van der Waals surface area contributed by atoms with Crippen LogP contribution >= 0.6 is 0 Å². The second-order valence-electron chi connectivity index (χ2n) is 4.92. The van der Waals surface area contributed by atoms with E-state index >= 15 is 0 Å². The highest BCUT2D eigenvalue weighted by Gasteiger charge is 2.31. The molecule has 0 unspecified atom stereocenters. The van der Waals surface area contributed by atoms with E-state index in [1.165, 1.54) is 0 Å². The molecule has 2 nitrogen and oxygen atoms in total. The molecule has 0 spiro atoms. The molecule has 1 aliphatic carbocycles. The van der Waals surface area contributed by atoms with Gasteiger partial charge in [0.25, 0.3) is 0 Å². The van der Waals surface area contributed by atoms with Gasteiger partial charge in [-0.15, -0.1) is 0 Å². The Labute approximate surface area is 112 Å². The van der Waals surface area contributed by atoms with E-state index in [0.717, 1.165) is 34.1 Å². The molecule has 0 aromatic heterocycles. The van der Waals surface area contributed by atoms with Crippen LogP contribution in [-0.4, -0.2) is 12.9 Å². The van der Waals surface area contributed by atoms with Crippen molar-refractivity contribution < 1.29 is 9.53 Å². The minimum atomic E-state index is 0.0690. The summed E-state index contributed by atoms with van der Waals surface area (Å²) in [5.41, 5.74) is 2.20. The van der Waals surface area contributed by atoms with Gasteiger partial charge in [-0.05, 0) is 40.5 Å². The number of benzene rings is 2. The zero-order valence-corrected chi connectivity index (χ0v) is 11.0. The number of Topliss-reactive ketones (excluding diaryl/α,β-unsaturated/α-hetero) is 1. The number of ether oxygens (including phenoxy) is 1. The smallest absolute Gasteiger partial charge is 0.140 e. The highest BCUT2D eigenvalue weighted by Crippen LogP contribution is 2.38. The molecule has 0 amide bonds. The lowest BCUT2D eigenvalue weighted by atomic mass is 9.76. The van der Waals surface area contributed by atoms with Gasteiger partial charge in [0.05, 0.1) is 7.11 Å². The maximum absolute atomic E-state index is 11.7. The van der Waals surface area contributed by atoms with E-state index in [-0.39, 0.29) is 5.92 Å². The van der Waals surface area contributed by atoms with Crippen LogP contribution in [0.1, 0.15) is 29.9 Å². The summed E-state index contributed by atoms with van der Waals surface area (Å²) in [5, 5.41) is 2.25. The van der Waals surface area contributed by atoms with Gasteiger partial charge in [0.2, 0.25) is 0 Å². The van der Waals surface area contributed by atoms with E-state index in [0.29, 0.717) is 12.2 Å². The Morgan fingerprint density at radius 1 is 1.32 bits per heavy atom. The molecular formula is C17H16O2. The van der Waals surface area contributed by atoms with Gasteiger partial charge in [0.1, 0.15) is 11.5 Å². The van der Waals surface area contributed by atoms with Crippen LogP contribution in [0, 0.1) is 0 Å². The van der Waals surface area contributed by atoms with Crippen LogP contribution < -0.4 is 4.74 Å². The first-order valence-corrected chi connectivity index (χ1v) is 6.50. The first kappa shape index (κ1) is 12.0. The van der Waals surface area contributed by atoms with Gasteiger partial charge in [0, 0.05) is 12.3 Å². The van der Waals surface area contributed by atoms with E-state index in [1.54, 1.807) is 7.11 Å². The lowest BCUT2D eigenvalue weighted by Crippen LogP contribution is -2.23. The summed E-state index contributed by atoms with van der Waals surface area (Å²) in [6, 6.07) is 10.1. The molecule has 19 heavy (non-hydrogen) atoms. The number of carbonyl (C=O) groups excluding carboxylic acids is 1. The van der Waals surface area contributed by atoms with Gasteiger partial charge in [-0.1, -0.05) is 30.9 Å². The quantitative estimate of drug-likeness (QED) is 0.827. The maximum atomic E-state index is 11.7. The molecular weight excluding hydrogens is 236 g/mol.